The van der Waals surface area contributed by atoms with Crippen LogP contribution < -0.4 is 5.32 Å². The molecule has 1 saturated heterocycles. The average molecular weight is 348 g/mol. The molecule has 1 fully saturated rings. The molecule has 0 bridgehead atoms. The normalized spacial score (nSPS) is 20.8. The van der Waals surface area contributed by atoms with E-state index in [1.165, 1.54) is 0 Å². The molecule has 128 valence electrons. The number of benzene rings is 1. The molecular weight excluding hydrogens is 326 g/mol. The number of carbonyl (C=O) groups is 2. The van der Waals surface area contributed by atoms with Crippen LogP contribution in [0, 0.1) is 5.92 Å². The highest BCUT2D eigenvalue weighted by Crippen LogP contribution is 2.21. The topological polar surface area (TPSA) is 52.7 Å². The van der Waals surface area contributed by atoms with Crippen molar-refractivity contribution in [2.24, 2.45) is 5.92 Å². The van der Waals surface area contributed by atoms with Gasteiger partial charge in [-0.2, -0.15) is 0 Å². The van der Waals surface area contributed by atoms with Gasteiger partial charge in [-0.3, -0.25) is 4.79 Å². The summed E-state index contributed by atoms with van der Waals surface area (Å²) in [6.45, 7) is 2.33. The predicted octanol–water partition coefficient (Wildman–Crippen LogP) is 3.37. The molecule has 3 rings (SSSR count). The molecule has 1 aliphatic carbocycles. The van der Waals surface area contributed by atoms with Crippen LogP contribution in [0.1, 0.15) is 19.3 Å². The lowest BCUT2D eigenvalue weighted by atomic mass is 9.93. The Balaban J connectivity index is 1.49. The summed E-state index contributed by atoms with van der Waals surface area (Å²) in [4.78, 5) is 28.5. The second-order valence-corrected chi connectivity index (χ2v) is 6.67. The maximum atomic E-state index is 12.5. The van der Waals surface area contributed by atoms with E-state index in [0.717, 1.165) is 24.9 Å². The first-order valence-electron chi connectivity index (χ1n) is 8.39. The number of rotatable bonds is 2. The van der Waals surface area contributed by atoms with Gasteiger partial charge in [-0.25, -0.2) is 4.79 Å². The number of hydrogen-bond acceptors (Lipinski definition) is 2. The van der Waals surface area contributed by atoms with Gasteiger partial charge in [0.05, 0.1) is 0 Å². The number of urea groups is 1. The number of hydrogen-bond donors (Lipinski definition) is 1. The van der Waals surface area contributed by atoms with E-state index in [-0.39, 0.29) is 17.9 Å². The number of nitrogens with one attached hydrogen (secondary N) is 1. The number of piperazine rings is 1. The van der Waals surface area contributed by atoms with Crippen LogP contribution in [0.4, 0.5) is 10.5 Å². The van der Waals surface area contributed by atoms with Crippen LogP contribution in [0.2, 0.25) is 5.02 Å². The van der Waals surface area contributed by atoms with E-state index >= 15 is 0 Å². The lowest BCUT2D eigenvalue weighted by Crippen LogP contribution is -2.53. The molecule has 1 aromatic carbocycles. The minimum absolute atomic E-state index is 0.115. The maximum Gasteiger partial charge on any atom is 0.321 e. The van der Waals surface area contributed by atoms with Crippen LogP contribution in [0.5, 0.6) is 0 Å². The molecule has 1 unspecified atom stereocenters. The molecule has 0 radical (unpaired) electrons. The summed E-state index contributed by atoms with van der Waals surface area (Å²) in [5.41, 5.74) is 0.719. The molecule has 6 heteroatoms. The van der Waals surface area contributed by atoms with Crippen molar-refractivity contribution in [3.8, 4) is 0 Å². The van der Waals surface area contributed by atoms with Gasteiger partial charge in [-0.05, 0) is 43.5 Å². The fourth-order valence-corrected chi connectivity index (χ4v) is 3.27. The van der Waals surface area contributed by atoms with E-state index < -0.39 is 0 Å². The molecule has 0 aromatic heterocycles. The van der Waals surface area contributed by atoms with Crippen LogP contribution in [-0.2, 0) is 4.79 Å². The van der Waals surface area contributed by atoms with Crippen molar-refractivity contribution in [3.63, 3.8) is 0 Å². The Hall–Kier alpha value is -2.01. The van der Waals surface area contributed by atoms with Crippen LogP contribution in [0.25, 0.3) is 0 Å². The number of halogens is 1. The van der Waals surface area contributed by atoms with Crippen LogP contribution in [-0.4, -0.2) is 47.9 Å². The number of nitrogens with zero attached hydrogens (tertiary/aromatic N) is 2. The smallest absolute Gasteiger partial charge is 0.321 e. The van der Waals surface area contributed by atoms with Crippen molar-refractivity contribution in [2.45, 2.75) is 19.3 Å². The summed E-state index contributed by atoms with van der Waals surface area (Å²) in [6.07, 6.45) is 7.01. The third kappa shape index (κ3) is 4.09. The fourth-order valence-electron chi connectivity index (χ4n) is 3.14. The molecule has 3 amide bonds. The number of amides is 3. The maximum absolute atomic E-state index is 12.5. The predicted molar refractivity (Wildman–Crippen MR) is 95.1 cm³/mol. The number of carbonyl (C=O) groups excluding carboxylic acids is 2. The number of anilines is 1. The molecule has 24 heavy (non-hydrogen) atoms. The van der Waals surface area contributed by atoms with Crippen LogP contribution in [0.3, 0.4) is 0 Å². The highest BCUT2D eigenvalue weighted by molar-refractivity contribution is 6.30. The Morgan fingerprint density at radius 3 is 2.29 bits per heavy atom. The molecule has 0 spiro atoms. The van der Waals surface area contributed by atoms with Gasteiger partial charge in [-0.15, -0.1) is 0 Å². The zero-order valence-electron chi connectivity index (χ0n) is 13.6. The minimum Gasteiger partial charge on any atom is -0.339 e. The fraction of sp³-hybridized carbons (Fsp3) is 0.444. The molecule has 1 aromatic rings. The zero-order chi connectivity index (χ0) is 16.9. The van der Waals surface area contributed by atoms with E-state index in [4.69, 9.17) is 11.6 Å². The standard InChI is InChI=1S/C18H22ClN3O2/c19-15-6-8-16(9-7-15)20-18(24)22-12-10-21(11-13-22)17(23)14-4-2-1-3-5-14/h1-2,6-9,14H,3-5,10-13H2,(H,20,24). The molecular formula is C18H22ClN3O2. The largest absolute Gasteiger partial charge is 0.339 e. The highest BCUT2D eigenvalue weighted by atomic mass is 35.5. The van der Waals surface area contributed by atoms with E-state index in [1.807, 2.05) is 4.90 Å². The molecule has 1 heterocycles. The summed E-state index contributed by atoms with van der Waals surface area (Å²) in [5.74, 6) is 0.349. The molecule has 0 saturated carbocycles. The highest BCUT2D eigenvalue weighted by Gasteiger charge is 2.28. The third-order valence-corrected chi connectivity index (χ3v) is 4.84. The molecule has 1 aliphatic heterocycles. The van der Waals surface area contributed by atoms with E-state index in [2.05, 4.69) is 17.5 Å². The summed E-state index contributed by atoms with van der Waals surface area (Å²) in [5, 5.41) is 3.50. The first kappa shape index (κ1) is 16.8. The van der Waals surface area contributed by atoms with Crippen molar-refractivity contribution in [3.05, 3.63) is 41.4 Å². The quantitative estimate of drug-likeness (QED) is 0.834. The average Bonchev–Trinajstić information content (AvgIpc) is 2.64. The van der Waals surface area contributed by atoms with Crippen LogP contribution in [0.15, 0.2) is 36.4 Å². The third-order valence-electron chi connectivity index (χ3n) is 4.59. The lowest BCUT2D eigenvalue weighted by Gasteiger charge is -2.36. The van der Waals surface area contributed by atoms with Crippen LogP contribution >= 0.6 is 11.6 Å². The van der Waals surface area contributed by atoms with E-state index in [9.17, 15) is 9.59 Å². The second kappa shape index (κ2) is 7.71. The van der Waals surface area contributed by atoms with Gasteiger partial charge < -0.3 is 15.1 Å². The lowest BCUT2D eigenvalue weighted by molar-refractivity contribution is -0.137. The Bertz CT molecular complexity index is 622. The van der Waals surface area contributed by atoms with Crippen molar-refractivity contribution in [1.82, 2.24) is 9.80 Å². The van der Waals surface area contributed by atoms with Gasteiger partial charge in [0.25, 0.3) is 0 Å². The number of allylic oxidation sites excluding steroid dienone is 2. The van der Waals surface area contributed by atoms with Gasteiger partial charge in [0, 0.05) is 42.8 Å². The van der Waals surface area contributed by atoms with Crippen molar-refractivity contribution in [1.29, 1.82) is 0 Å². The van der Waals surface area contributed by atoms with Gasteiger partial charge in [0.15, 0.2) is 0 Å². The molecule has 1 atom stereocenters. The van der Waals surface area contributed by atoms with Gasteiger partial charge in [0.2, 0.25) is 5.91 Å². The minimum atomic E-state index is -0.134. The first-order valence-corrected chi connectivity index (χ1v) is 8.76. The van der Waals surface area contributed by atoms with Crippen molar-refractivity contribution >= 4 is 29.2 Å². The van der Waals surface area contributed by atoms with Gasteiger partial charge in [0.1, 0.15) is 0 Å². The summed E-state index contributed by atoms with van der Waals surface area (Å²) in [7, 11) is 0. The van der Waals surface area contributed by atoms with E-state index in [1.54, 1.807) is 29.2 Å². The Kier molecular flexibility index (Phi) is 5.41. The summed E-state index contributed by atoms with van der Waals surface area (Å²) in [6, 6.07) is 6.90. The Morgan fingerprint density at radius 2 is 1.67 bits per heavy atom. The first-order chi connectivity index (χ1) is 11.6. The monoisotopic (exact) mass is 347 g/mol. The Labute approximate surface area is 147 Å². The van der Waals surface area contributed by atoms with Gasteiger partial charge >= 0.3 is 6.03 Å². The molecule has 2 aliphatic rings. The van der Waals surface area contributed by atoms with Crippen molar-refractivity contribution < 1.29 is 9.59 Å². The summed E-state index contributed by atoms with van der Waals surface area (Å²) < 4.78 is 0. The summed E-state index contributed by atoms with van der Waals surface area (Å²) >= 11 is 5.84. The molecule has 5 nitrogen and oxygen atoms in total. The van der Waals surface area contributed by atoms with E-state index in [0.29, 0.717) is 31.2 Å². The molecule has 1 N–H and O–H groups in total. The zero-order valence-corrected chi connectivity index (χ0v) is 14.3. The second-order valence-electron chi connectivity index (χ2n) is 6.23. The Morgan fingerprint density at radius 1 is 1.00 bits per heavy atom. The van der Waals surface area contributed by atoms with Crippen molar-refractivity contribution in [2.75, 3.05) is 31.5 Å². The SMILES string of the molecule is O=C(Nc1ccc(Cl)cc1)N1CCN(C(=O)C2CC=CCC2)CC1. The van der Waals surface area contributed by atoms with Gasteiger partial charge in [-0.1, -0.05) is 23.8 Å².